The van der Waals surface area contributed by atoms with Crippen molar-refractivity contribution >= 4 is 19.8 Å². The van der Waals surface area contributed by atoms with E-state index in [0.29, 0.717) is 6.42 Å². The second-order valence-corrected chi connectivity index (χ2v) is 14.7. The molecule has 0 aromatic rings. The van der Waals surface area contributed by atoms with Gasteiger partial charge in [0.1, 0.15) is 6.61 Å². The zero-order valence-corrected chi connectivity index (χ0v) is 33.6. The van der Waals surface area contributed by atoms with Crippen LogP contribution < -0.4 is 0 Å². The van der Waals surface area contributed by atoms with Crippen molar-refractivity contribution < 1.29 is 37.6 Å². The molecule has 0 fully saturated rings. The topological polar surface area (TPSA) is 108 Å². The summed E-state index contributed by atoms with van der Waals surface area (Å²) in [6.07, 6.45) is 43.3. The van der Waals surface area contributed by atoms with Gasteiger partial charge in [-0.2, -0.15) is 0 Å². The van der Waals surface area contributed by atoms with E-state index in [1.54, 1.807) is 6.92 Å². The van der Waals surface area contributed by atoms with E-state index >= 15 is 0 Å². The van der Waals surface area contributed by atoms with Crippen LogP contribution in [0.2, 0.25) is 0 Å². The van der Waals surface area contributed by atoms with Crippen LogP contribution in [0, 0.1) is 0 Å². The summed E-state index contributed by atoms with van der Waals surface area (Å²) in [5, 5.41) is 0. The second kappa shape index (κ2) is 37.8. The molecule has 0 spiro atoms. The number of rotatable bonds is 37. The van der Waals surface area contributed by atoms with E-state index in [1.165, 1.54) is 96.3 Å². The Hall–Kier alpha value is -1.99. The van der Waals surface area contributed by atoms with Gasteiger partial charge in [-0.05, 0) is 45.4 Å². The molecular weight excluding hydrogens is 663 g/mol. The van der Waals surface area contributed by atoms with E-state index in [0.717, 1.165) is 44.9 Å². The number of carbonyl (C=O) groups is 2. The van der Waals surface area contributed by atoms with E-state index in [4.69, 9.17) is 18.5 Å². The predicted molar refractivity (Wildman–Crippen MR) is 212 cm³/mol. The molecule has 296 valence electrons. The van der Waals surface area contributed by atoms with E-state index in [-0.39, 0.29) is 32.0 Å². The number of esters is 2. The molecule has 51 heavy (non-hydrogen) atoms. The van der Waals surface area contributed by atoms with Crippen LogP contribution >= 0.6 is 7.82 Å². The quantitative estimate of drug-likeness (QED) is 0.0290. The van der Waals surface area contributed by atoms with Crippen molar-refractivity contribution in [3.8, 4) is 0 Å². The largest absolute Gasteiger partial charge is 0.472 e. The summed E-state index contributed by atoms with van der Waals surface area (Å²) in [5.41, 5.74) is 0. The number of allylic oxidation sites excluding steroid dienone is 8. The molecule has 0 aliphatic carbocycles. The standard InChI is InChI=1S/C42H75O8P/c1-4-7-9-11-13-15-17-19-20-21-22-23-25-26-28-30-32-34-36-41(43)47-38-40(39-49-51(45,46)48-6-3)50-42(44)37-35-33-31-29-27-24-18-16-14-12-10-8-5-2/h8,10,14,16,24,27,31,33,40H,4-7,9,11-13,15,17-23,25-26,28-30,32,34-39H2,1-3H3,(H,45,46)/b10-8-,16-14-,27-24-,33-31-. The fraction of sp³-hybridized carbons (Fsp3) is 0.762. The molecule has 9 heteroatoms. The van der Waals surface area contributed by atoms with Crippen molar-refractivity contribution in [3.63, 3.8) is 0 Å². The van der Waals surface area contributed by atoms with Gasteiger partial charge in [0.15, 0.2) is 6.10 Å². The monoisotopic (exact) mass is 739 g/mol. The molecule has 0 aliphatic rings. The summed E-state index contributed by atoms with van der Waals surface area (Å²) in [7, 11) is -4.29. The first-order valence-electron chi connectivity index (χ1n) is 20.4. The van der Waals surface area contributed by atoms with Crippen LogP contribution in [0.4, 0.5) is 0 Å². The third-order valence-corrected chi connectivity index (χ3v) is 9.47. The highest BCUT2D eigenvalue weighted by molar-refractivity contribution is 7.47. The predicted octanol–water partition coefficient (Wildman–Crippen LogP) is 12.6. The molecule has 1 N–H and O–H groups in total. The Balaban J connectivity index is 4.14. The SMILES string of the molecule is CC/C=C\C/C=C\C/C=C\C/C=C\CCC(=O)OC(COC(=O)CCCCCCCCCCCCCCCCCCCC)COP(=O)(O)OCC. The van der Waals surface area contributed by atoms with Crippen LogP contribution in [-0.4, -0.2) is 42.8 Å². The normalized spacial score (nSPS) is 13.9. The highest BCUT2D eigenvalue weighted by Gasteiger charge is 2.25. The van der Waals surface area contributed by atoms with E-state index in [2.05, 4.69) is 50.3 Å². The van der Waals surface area contributed by atoms with Crippen LogP contribution in [0.5, 0.6) is 0 Å². The van der Waals surface area contributed by atoms with Crippen molar-refractivity contribution in [3.05, 3.63) is 48.6 Å². The van der Waals surface area contributed by atoms with E-state index in [9.17, 15) is 19.0 Å². The first-order chi connectivity index (χ1) is 24.8. The molecule has 0 bridgehead atoms. The minimum atomic E-state index is -4.29. The van der Waals surface area contributed by atoms with Gasteiger partial charge in [0.25, 0.3) is 0 Å². The number of phosphoric acid groups is 1. The Bertz CT molecular complexity index is 974. The lowest BCUT2D eigenvalue weighted by atomic mass is 10.0. The minimum absolute atomic E-state index is 0.0124. The molecule has 2 atom stereocenters. The Morgan fingerprint density at radius 2 is 1.00 bits per heavy atom. The highest BCUT2D eigenvalue weighted by atomic mass is 31.2. The fourth-order valence-corrected chi connectivity index (χ4v) is 6.22. The van der Waals surface area contributed by atoms with E-state index < -0.39 is 26.5 Å². The Labute approximate surface area is 312 Å². The summed E-state index contributed by atoms with van der Waals surface area (Å²) in [5.74, 6) is -0.890. The maximum Gasteiger partial charge on any atom is 0.472 e. The van der Waals surface area contributed by atoms with Gasteiger partial charge in [-0.25, -0.2) is 4.57 Å². The summed E-state index contributed by atoms with van der Waals surface area (Å²) in [6.45, 7) is 5.28. The Kier molecular flexibility index (Phi) is 36.3. The van der Waals surface area contributed by atoms with E-state index in [1.807, 2.05) is 12.2 Å². The van der Waals surface area contributed by atoms with Gasteiger partial charge in [-0.3, -0.25) is 18.6 Å². The molecular formula is C42H75O8P. The smallest absolute Gasteiger partial charge is 0.462 e. The fourth-order valence-electron chi connectivity index (χ4n) is 5.47. The summed E-state index contributed by atoms with van der Waals surface area (Å²) >= 11 is 0. The molecule has 0 amide bonds. The third-order valence-electron chi connectivity index (χ3n) is 8.41. The molecule has 0 aromatic heterocycles. The molecule has 0 aromatic carbocycles. The van der Waals surface area contributed by atoms with Gasteiger partial charge in [0.05, 0.1) is 13.2 Å². The van der Waals surface area contributed by atoms with Crippen molar-refractivity contribution in [1.29, 1.82) is 0 Å². The molecule has 0 saturated carbocycles. The number of hydrogen-bond donors (Lipinski definition) is 1. The molecule has 0 aliphatic heterocycles. The van der Waals surface area contributed by atoms with Crippen molar-refractivity contribution in [2.75, 3.05) is 19.8 Å². The second-order valence-electron chi connectivity index (χ2n) is 13.3. The molecule has 0 radical (unpaired) electrons. The lowest BCUT2D eigenvalue weighted by Crippen LogP contribution is -2.29. The first-order valence-corrected chi connectivity index (χ1v) is 21.9. The van der Waals surface area contributed by atoms with Gasteiger partial charge in [0.2, 0.25) is 0 Å². The van der Waals surface area contributed by atoms with Crippen molar-refractivity contribution in [2.45, 2.75) is 187 Å². The lowest BCUT2D eigenvalue weighted by molar-refractivity contribution is -0.161. The van der Waals surface area contributed by atoms with Gasteiger partial charge in [-0.1, -0.05) is 172 Å². The summed E-state index contributed by atoms with van der Waals surface area (Å²) < 4.78 is 32.5. The average Bonchev–Trinajstić information content (AvgIpc) is 3.10. The van der Waals surface area contributed by atoms with Crippen LogP contribution in [-0.2, 0) is 32.7 Å². The number of unbranched alkanes of at least 4 members (excludes halogenated alkanes) is 17. The number of carbonyl (C=O) groups excluding carboxylic acids is 2. The molecule has 0 saturated heterocycles. The lowest BCUT2D eigenvalue weighted by Gasteiger charge is -2.19. The maximum atomic E-state index is 12.5. The van der Waals surface area contributed by atoms with Gasteiger partial charge in [-0.15, -0.1) is 0 Å². The highest BCUT2D eigenvalue weighted by Crippen LogP contribution is 2.43. The average molecular weight is 739 g/mol. The van der Waals surface area contributed by atoms with Gasteiger partial charge < -0.3 is 14.4 Å². The maximum absolute atomic E-state index is 12.5. The summed E-state index contributed by atoms with van der Waals surface area (Å²) in [4.78, 5) is 34.6. The van der Waals surface area contributed by atoms with Crippen molar-refractivity contribution in [1.82, 2.24) is 0 Å². The first kappa shape index (κ1) is 49.0. The molecule has 0 heterocycles. The Morgan fingerprint density at radius 3 is 1.47 bits per heavy atom. The van der Waals surface area contributed by atoms with Gasteiger partial charge in [0, 0.05) is 12.8 Å². The minimum Gasteiger partial charge on any atom is -0.462 e. The van der Waals surface area contributed by atoms with Crippen LogP contribution in [0.1, 0.15) is 181 Å². The Morgan fingerprint density at radius 1 is 0.549 bits per heavy atom. The van der Waals surface area contributed by atoms with Gasteiger partial charge >= 0.3 is 19.8 Å². The summed E-state index contributed by atoms with van der Waals surface area (Å²) in [6, 6.07) is 0. The van der Waals surface area contributed by atoms with Crippen LogP contribution in [0.25, 0.3) is 0 Å². The number of hydrogen-bond acceptors (Lipinski definition) is 7. The number of ether oxygens (including phenoxy) is 2. The zero-order valence-electron chi connectivity index (χ0n) is 32.7. The molecule has 8 nitrogen and oxygen atoms in total. The number of phosphoric ester groups is 1. The van der Waals surface area contributed by atoms with Crippen molar-refractivity contribution in [2.24, 2.45) is 0 Å². The van der Waals surface area contributed by atoms with Crippen LogP contribution in [0.15, 0.2) is 48.6 Å². The molecule has 2 unspecified atom stereocenters. The zero-order chi connectivity index (χ0) is 37.5. The molecule has 0 rings (SSSR count). The van der Waals surface area contributed by atoms with Crippen LogP contribution in [0.3, 0.4) is 0 Å². The third kappa shape index (κ3) is 37.6.